The van der Waals surface area contributed by atoms with Gasteiger partial charge in [-0.05, 0) is 18.4 Å². The molecule has 2 heterocycles. The smallest absolute Gasteiger partial charge is 0.277 e. The monoisotopic (exact) mass is 238 g/mol. The van der Waals surface area contributed by atoms with Gasteiger partial charge in [-0.15, -0.1) is 11.3 Å². The molecule has 1 fully saturated rings. The Morgan fingerprint density at radius 1 is 1.44 bits per heavy atom. The number of nitrogens with zero attached hydrogens (tertiary/aromatic N) is 1. The molecule has 0 saturated carbocycles. The van der Waals surface area contributed by atoms with Crippen LogP contribution in [-0.2, 0) is 9.59 Å². The number of hydrogen-bond acceptors (Lipinski definition) is 4. The van der Waals surface area contributed by atoms with Crippen molar-refractivity contribution in [3.05, 3.63) is 22.4 Å². The van der Waals surface area contributed by atoms with Gasteiger partial charge >= 0.3 is 6.03 Å². The van der Waals surface area contributed by atoms with Crippen molar-refractivity contribution in [2.24, 2.45) is 0 Å². The van der Waals surface area contributed by atoms with Gasteiger partial charge in [-0.3, -0.25) is 19.8 Å². The molecule has 1 atom stereocenters. The van der Waals surface area contributed by atoms with E-state index >= 15 is 0 Å². The molecule has 16 heavy (non-hydrogen) atoms. The van der Waals surface area contributed by atoms with Crippen molar-refractivity contribution in [1.29, 1.82) is 0 Å². The normalized spacial score (nSPS) is 18.6. The van der Waals surface area contributed by atoms with Crippen molar-refractivity contribution in [2.75, 3.05) is 0 Å². The van der Waals surface area contributed by atoms with E-state index in [1.165, 1.54) is 11.3 Å². The summed E-state index contributed by atoms with van der Waals surface area (Å²) in [5.74, 6) is -0.987. The molecule has 4 amide bonds. The van der Waals surface area contributed by atoms with Crippen molar-refractivity contribution in [3.63, 3.8) is 0 Å². The van der Waals surface area contributed by atoms with E-state index in [-0.39, 0.29) is 12.5 Å². The zero-order chi connectivity index (χ0) is 11.7. The molecule has 0 radical (unpaired) electrons. The number of nitrogens with one attached hydrogen (secondary N) is 1. The first-order valence-corrected chi connectivity index (χ1v) is 5.67. The third kappa shape index (κ3) is 1.83. The number of carbonyl (C=O) groups is 3. The Morgan fingerprint density at radius 2 is 2.19 bits per heavy atom. The average molecular weight is 238 g/mol. The minimum absolute atomic E-state index is 0.262. The van der Waals surface area contributed by atoms with Gasteiger partial charge < -0.3 is 0 Å². The molecule has 1 aromatic rings. The van der Waals surface area contributed by atoms with Crippen molar-refractivity contribution >= 4 is 29.2 Å². The topological polar surface area (TPSA) is 66.5 Å². The molecule has 1 saturated heterocycles. The van der Waals surface area contributed by atoms with E-state index in [0.29, 0.717) is 0 Å². The number of amides is 4. The molecule has 1 aliphatic heterocycles. The summed E-state index contributed by atoms with van der Waals surface area (Å²) in [5.41, 5.74) is 0. The molecule has 0 aliphatic carbocycles. The third-order valence-corrected chi connectivity index (χ3v) is 3.43. The number of imide groups is 2. The van der Waals surface area contributed by atoms with Gasteiger partial charge in [0.2, 0.25) is 11.8 Å². The summed E-state index contributed by atoms with van der Waals surface area (Å²) in [6.07, 6.45) is -0.262. The van der Waals surface area contributed by atoms with Gasteiger partial charge in [0.1, 0.15) is 6.42 Å². The van der Waals surface area contributed by atoms with Crippen LogP contribution < -0.4 is 5.32 Å². The average Bonchev–Trinajstić information content (AvgIpc) is 2.67. The number of thiophene rings is 1. The van der Waals surface area contributed by atoms with E-state index in [4.69, 9.17) is 0 Å². The standard InChI is InChI=1S/C10H10N2O3S/c1-6(7-3-2-4-16-7)12-9(14)5-8(13)11-10(12)15/h2-4,6H,5H2,1H3,(H,11,13,15). The van der Waals surface area contributed by atoms with Crippen molar-refractivity contribution < 1.29 is 14.4 Å². The van der Waals surface area contributed by atoms with Crippen LogP contribution >= 0.6 is 11.3 Å². The maximum Gasteiger partial charge on any atom is 0.331 e. The predicted octanol–water partition coefficient (Wildman–Crippen LogP) is 1.28. The second-order valence-electron chi connectivity index (χ2n) is 3.49. The maximum atomic E-state index is 11.6. The molecule has 1 aromatic heterocycles. The van der Waals surface area contributed by atoms with Crippen LogP contribution in [0.4, 0.5) is 4.79 Å². The van der Waals surface area contributed by atoms with Gasteiger partial charge in [-0.1, -0.05) is 6.07 Å². The number of urea groups is 1. The largest absolute Gasteiger partial charge is 0.331 e. The lowest BCUT2D eigenvalue weighted by molar-refractivity contribution is -0.137. The van der Waals surface area contributed by atoms with Crippen LogP contribution in [0.15, 0.2) is 17.5 Å². The Hall–Kier alpha value is -1.69. The number of barbiturate groups is 1. The summed E-state index contributed by atoms with van der Waals surface area (Å²) >= 11 is 1.47. The lowest BCUT2D eigenvalue weighted by atomic mass is 10.2. The molecule has 1 N–H and O–H groups in total. The number of hydrogen-bond donors (Lipinski definition) is 1. The maximum absolute atomic E-state index is 11.6. The molecule has 84 valence electrons. The van der Waals surface area contributed by atoms with E-state index in [1.807, 2.05) is 17.5 Å². The predicted molar refractivity (Wildman–Crippen MR) is 57.7 cm³/mol. The highest BCUT2D eigenvalue weighted by molar-refractivity contribution is 7.10. The Kier molecular flexibility index (Phi) is 2.74. The highest BCUT2D eigenvalue weighted by Crippen LogP contribution is 2.26. The highest BCUT2D eigenvalue weighted by Gasteiger charge is 2.34. The first kappa shape index (κ1) is 10.8. The van der Waals surface area contributed by atoms with Crippen molar-refractivity contribution in [1.82, 2.24) is 10.2 Å². The molecule has 0 spiro atoms. The van der Waals surface area contributed by atoms with Gasteiger partial charge in [0.15, 0.2) is 0 Å². The van der Waals surface area contributed by atoms with Crippen LogP contribution in [0.2, 0.25) is 0 Å². The fourth-order valence-electron chi connectivity index (χ4n) is 1.61. The van der Waals surface area contributed by atoms with E-state index in [2.05, 4.69) is 5.32 Å². The summed E-state index contributed by atoms with van der Waals surface area (Å²) in [7, 11) is 0. The second kappa shape index (κ2) is 4.05. The molecular formula is C10H10N2O3S. The van der Waals surface area contributed by atoms with E-state index in [0.717, 1.165) is 9.78 Å². The molecule has 2 rings (SSSR count). The molecule has 0 aromatic carbocycles. The minimum Gasteiger partial charge on any atom is -0.277 e. The van der Waals surface area contributed by atoms with Crippen LogP contribution in [0.25, 0.3) is 0 Å². The fourth-order valence-corrected chi connectivity index (χ4v) is 2.38. The van der Waals surface area contributed by atoms with Gasteiger partial charge in [0, 0.05) is 4.88 Å². The summed E-state index contributed by atoms with van der Waals surface area (Å²) < 4.78 is 0. The Balaban J connectivity index is 2.23. The van der Waals surface area contributed by atoms with E-state index in [1.54, 1.807) is 6.92 Å². The van der Waals surface area contributed by atoms with Crippen LogP contribution in [0.1, 0.15) is 24.3 Å². The van der Waals surface area contributed by atoms with Crippen molar-refractivity contribution in [2.45, 2.75) is 19.4 Å². The van der Waals surface area contributed by atoms with Crippen LogP contribution in [0.3, 0.4) is 0 Å². The van der Waals surface area contributed by atoms with Gasteiger partial charge in [-0.2, -0.15) is 0 Å². The Bertz CT molecular complexity index is 421. The van der Waals surface area contributed by atoms with Gasteiger partial charge in [0.25, 0.3) is 0 Å². The minimum atomic E-state index is -0.637. The zero-order valence-electron chi connectivity index (χ0n) is 8.60. The summed E-state index contributed by atoms with van der Waals surface area (Å²) in [6.45, 7) is 1.76. The Morgan fingerprint density at radius 3 is 2.75 bits per heavy atom. The molecule has 1 aliphatic rings. The van der Waals surface area contributed by atoms with Crippen LogP contribution in [0, 0.1) is 0 Å². The molecule has 6 heteroatoms. The third-order valence-electron chi connectivity index (χ3n) is 2.39. The zero-order valence-corrected chi connectivity index (χ0v) is 9.41. The summed E-state index contributed by atoms with van der Waals surface area (Å²) in [5, 5.41) is 4.01. The lowest BCUT2D eigenvalue weighted by Gasteiger charge is -2.29. The SMILES string of the molecule is CC(c1cccs1)N1C(=O)CC(=O)NC1=O. The van der Waals surface area contributed by atoms with E-state index < -0.39 is 17.8 Å². The Labute approximate surface area is 96.0 Å². The molecular weight excluding hydrogens is 228 g/mol. The van der Waals surface area contributed by atoms with Gasteiger partial charge in [-0.25, -0.2) is 4.79 Å². The molecule has 0 bridgehead atoms. The summed E-state index contributed by atoms with van der Waals surface area (Å²) in [6, 6.07) is 2.74. The number of rotatable bonds is 2. The quantitative estimate of drug-likeness (QED) is 0.789. The first-order valence-electron chi connectivity index (χ1n) is 4.79. The lowest BCUT2D eigenvalue weighted by Crippen LogP contribution is -2.53. The van der Waals surface area contributed by atoms with Gasteiger partial charge in [0.05, 0.1) is 6.04 Å². The molecule has 1 unspecified atom stereocenters. The van der Waals surface area contributed by atoms with Crippen LogP contribution in [0.5, 0.6) is 0 Å². The van der Waals surface area contributed by atoms with Crippen LogP contribution in [-0.4, -0.2) is 22.7 Å². The van der Waals surface area contributed by atoms with Crippen molar-refractivity contribution in [3.8, 4) is 0 Å². The second-order valence-corrected chi connectivity index (χ2v) is 4.46. The highest BCUT2D eigenvalue weighted by atomic mass is 32.1. The summed E-state index contributed by atoms with van der Waals surface area (Å²) in [4.78, 5) is 36.1. The van der Waals surface area contributed by atoms with E-state index in [9.17, 15) is 14.4 Å². The number of carbonyl (C=O) groups excluding carboxylic acids is 3. The fraction of sp³-hybridized carbons (Fsp3) is 0.300. The molecule has 5 nitrogen and oxygen atoms in total. The first-order chi connectivity index (χ1) is 7.59.